The van der Waals surface area contributed by atoms with Gasteiger partial charge in [-0.25, -0.2) is 4.98 Å². The third kappa shape index (κ3) is 7.16. The zero-order valence-electron chi connectivity index (χ0n) is 21.0. The van der Waals surface area contributed by atoms with Gasteiger partial charge in [0.25, 0.3) is 0 Å². The highest BCUT2D eigenvalue weighted by Crippen LogP contribution is 2.30. The molecule has 0 atom stereocenters. The topological polar surface area (TPSA) is 81.3 Å². The van der Waals surface area contributed by atoms with Crippen molar-refractivity contribution >= 4 is 28.7 Å². The smallest absolute Gasteiger partial charge is 0.238 e. The molecule has 36 heavy (non-hydrogen) atoms. The van der Waals surface area contributed by atoms with Crippen LogP contribution in [-0.4, -0.2) is 86.3 Å². The summed E-state index contributed by atoms with van der Waals surface area (Å²) in [6.07, 6.45) is 1.53. The Labute approximate surface area is 218 Å². The number of anilines is 3. The Hall–Kier alpha value is -3.20. The highest BCUT2D eigenvalue weighted by atomic mass is 35.5. The number of hydrogen-bond donors (Lipinski definition) is 2. The molecule has 3 N–H and O–H groups in total. The zero-order chi connectivity index (χ0) is 25.5. The second-order valence-corrected chi connectivity index (χ2v) is 9.66. The van der Waals surface area contributed by atoms with E-state index < -0.39 is 0 Å². The maximum atomic E-state index is 9.36. The Morgan fingerprint density at radius 2 is 1.36 bits per heavy atom. The van der Waals surface area contributed by atoms with Crippen molar-refractivity contribution in [2.24, 2.45) is 0 Å². The fourth-order valence-corrected chi connectivity index (χ4v) is 4.40. The molecule has 2 aliphatic heterocycles. The van der Waals surface area contributed by atoms with Crippen molar-refractivity contribution in [3.63, 3.8) is 0 Å². The first-order chi connectivity index (χ1) is 17.4. The predicted octanol–water partition coefficient (Wildman–Crippen LogP) is 4.01. The van der Waals surface area contributed by atoms with Crippen LogP contribution in [0.15, 0.2) is 60.8 Å². The summed E-state index contributed by atoms with van der Waals surface area (Å²) in [6, 6.07) is 17.1. The molecule has 2 saturated heterocycles. The molecule has 0 saturated carbocycles. The van der Waals surface area contributed by atoms with Gasteiger partial charge in [-0.2, -0.15) is 0 Å². The number of nitrogens with two attached hydrogens (primary N) is 1. The van der Waals surface area contributed by atoms with Crippen LogP contribution in [0.2, 0.25) is 5.02 Å². The van der Waals surface area contributed by atoms with Crippen molar-refractivity contribution in [1.29, 1.82) is 0 Å². The maximum absolute atomic E-state index is 9.36. The van der Waals surface area contributed by atoms with Gasteiger partial charge >= 0.3 is 0 Å². The number of benzene rings is 2. The van der Waals surface area contributed by atoms with E-state index >= 15 is 0 Å². The van der Waals surface area contributed by atoms with Gasteiger partial charge in [0.2, 0.25) is 5.88 Å². The number of nitrogens with zero attached hydrogens (tertiary/aromatic N) is 5. The molecule has 0 unspecified atom stereocenters. The van der Waals surface area contributed by atoms with Crippen molar-refractivity contribution in [2.75, 3.05) is 82.0 Å². The van der Waals surface area contributed by atoms with E-state index in [2.05, 4.69) is 44.7 Å². The van der Waals surface area contributed by atoms with E-state index in [1.165, 1.54) is 6.20 Å². The molecule has 2 aromatic carbocycles. The third-order valence-electron chi connectivity index (χ3n) is 6.43. The van der Waals surface area contributed by atoms with Crippen LogP contribution in [0, 0.1) is 0 Å². The molecule has 9 heteroatoms. The zero-order valence-corrected chi connectivity index (χ0v) is 21.7. The average Bonchev–Trinajstić information content (AvgIpc) is 2.87. The Kier molecular flexibility index (Phi) is 8.74. The molecule has 3 aromatic rings. The number of halogens is 1. The second-order valence-electron chi connectivity index (χ2n) is 9.26. The molecule has 0 bridgehead atoms. The van der Waals surface area contributed by atoms with Crippen LogP contribution in [0.5, 0.6) is 17.4 Å². The fourth-order valence-electron chi connectivity index (χ4n) is 4.19. The molecule has 8 nitrogen and oxygen atoms in total. The van der Waals surface area contributed by atoms with Gasteiger partial charge < -0.3 is 35.2 Å². The second kappa shape index (κ2) is 12.2. The van der Waals surface area contributed by atoms with Crippen molar-refractivity contribution < 1.29 is 9.84 Å². The van der Waals surface area contributed by atoms with Crippen LogP contribution in [0.3, 0.4) is 0 Å². The lowest BCUT2D eigenvalue weighted by molar-refractivity contribution is 0.312. The van der Waals surface area contributed by atoms with Gasteiger partial charge in [-0.05, 0) is 44.4 Å². The molecule has 2 fully saturated rings. The Bertz CT molecular complexity index is 1130. The molecular weight excluding hydrogens is 476 g/mol. The number of nitrogen functional groups attached to an aromatic ring is 1. The lowest BCUT2D eigenvalue weighted by atomic mass is 10.2. The van der Waals surface area contributed by atoms with Crippen molar-refractivity contribution in [3.05, 3.63) is 65.8 Å². The maximum Gasteiger partial charge on any atom is 0.238 e. The molecule has 0 radical (unpaired) electrons. The molecule has 0 aliphatic carbocycles. The normalized spacial score (nSPS) is 16.9. The van der Waals surface area contributed by atoms with Crippen LogP contribution in [0.1, 0.15) is 0 Å². The quantitative estimate of drug-likeness (QED) is 0.545. The summed E-state index contributed by atoms with van der Waals surface area (Å²) in [7, 11) is 4.28. The Balaban J connectivity index is 0.000000187. The highest BCUT2D eigenvalue weighted by Gasteiger charge is 2.16. The largest absolute Gasteiger partial charge is 0.508 e. The number of phenolic OH excluding ortho intramolecular Hbond substituents is 1. The first kappa shape index (κ1) is 25.9. The standard InChI is InChI=1S/C16H19ClN4O.C11H16N2O/c1-20-5-7-21(8-6-20)13-3-2-4-14(10-13)22-16-15(17)9-12(18)11-19-16;1-12-5-7-13(8-6-12)10-3-2-4-11(14)9-10/h2-4,9-11H,5-8,18H2,1H3;2-4,9,14H,5-8H2,1H3. The van der Waals surface area contributed by atoms with E-state index in [1.807, 2.05) is 36.4 Å². The van der Waals surface area contributed by atoms with Crippen LogP contribution in [0.25, 0.3) is 0 Å². The van der Waals surface area contributed by atoms with E-state index in [1.54, 1.807) is 12.1 Å². The number of ether oxygens (including phenoxy) is 1. The summed E-state index contributed by atoms with van der Waals surface area (Å²) in [5, 5.41) is 9.77. The van der Waals surface area contributed by atoms with Crippen molar-refractivity contribution in [1.82, 2.24) is 14.8 Å². The number of piperazine rings is 2. The van der Waals surface area contributed by atoms with E-state index in [-0.39, 0.29) is 0 Å². The summed E-state index contributed by atoms with van der Waals surface area (Å²) in [6.45, 7) is 8.43. The lowest BCUT2D eigenvalue weighted by Gasteiger charge is -2.34. The lowest BCUT2D eigenvalue weighted by Crippen LogP contribution is -2.44. The first-order valence-electron chi connectivity index (χ1n) is 12.2. The minimum atomic E-state index is 0.349. The number of aromatic hydroxyl groups is 1. The molecule has 3 heterocycles. The minimum absolute atomic E-state index is 0.349. The Morgan fingerprint density at radius 1 is 0.806 bits per heavy atom. The Morgan fingerprint density at radius 3 is 1.92 bits per heavy atom. The van der Waals surface area contributed by atoms with Gasteiger partial charge in [0, 0.05) is 75.9 Å². The minimum Gasteiger partial charge on any atom is -0.508 e. The molecule has 192 valence electrons. The molecule has 1 aromatic heterocycles. The fraction of sp³-hybridized carbons (Fsp3) is 0.370. The average molecular weight is 511 g/mol. The van der Waals surface area contributed by atoms with Gasteiger partial charge in [0.1, 0.15) is 16.5 Å². The third-order valence-corrected chi connectivity index (χ3v) is 6.70. The number of pyridine rings is 1. The van der Waals surface area contributed by atoms with Crippen molar-refractivity contribution in [3.8, 4) is 17.4 Å². The summed E-state index contributed by atoms with van der Waals surface area (Å²) in [4.78, 5) is 13.4. The molecular formula is C27H35ClN6O2. The summed E-state index contributed by atoms with van der Waals surface area (Å²) < 4.78 is 5.78. The van der Waals surface area contributed by atoms with Crippen LogP contribution in [0.4, 0.5) is 17.1 Å². The number of likely N-dealkylation sites (N-methyl/N-ethyl adjacent to an activating group) is 2. The first-order valence-corrected chi connectivity index (χ1v) is 12.6. The van der Waals surface area contributed by atoms with E-state index in [4.69, 9.17) is 22.1 Å². The van der Waals surface area contributed by atoms with E-state index in [0.717, 1.165) is 69.5 Å². The van der Waals surface area contributed by atoms with E-state index in [0.29, 0.717) is 22.3 Å². The van der Waals surface area contributed by atoms with Crippen LogP contribution < -0.4 is 20.3 Å². The van der Waals surface area contributed by atoms with Gasteiger partial charge in [-0.3, -0.25) is 0 Å². The number of hydrogen-bond acceptors (Lipinski definition) is 8. The van der Waals surface area contributed by atoms with Crippen molar-refractivity contribution in [2.45, 2.75) is 0 Å². The number of rotatable bonds is 4. The van der Waals surface area contributed by atoms with Gasteiger partial charge in [-0.1, -0.05) is 23.7 Å². The van der Waals surface area contributed by atoms with Crippen LogP contribution in [-0.2, 0) is 0 Å². The summed E-state index contributed by atoms with van der Waals surface area (Å²) in [5.74, 6) is 1.43. The molecule has 2 aliphatic rings. The molecule has 5 rings (SSSR count). The monoisotopic (exact) mass is 510 g/mol. The molecule has 0 amide bonds. The number of aromatic nitrogens is 1. The summed E-state index contributed by atoms with van der Waals surface area (Å²) >= 11 is 6.10. The highest BCUT2D eigenvalue weighted by molar-refractivity contribution is 6.32. The van der Waals surface area contributed by atoms with E-state index in [9.17, 15) is 5.11 Å². The van der Waals surface area contributed by atoms with Gasteiger partial charge in [0.05, 0.1) is 11.9 Å². The summed E-state index contributed by atoms with van der Waals surface area (Å²) in [5.41, 5.74) is 8.43. The predicted molar refractivity (Wildman–Crippen MR) is 148 cm³/mol. The molecule has 0 spiro atoms. The van der Waals surface area contributed by atoms with Gasteiger partial charge in [0.15, 0.2) is 0 Å². The van der Waals surface area contributed by atoms with Gasteiger partial charge in [-0.15, -0.1) is 0 Å². The van der Waals surface area contributed by atoms with Crippen LogP contribution >= 0.6 is 11.6 Å². The SMILES string of the molecule is CN1CCN(c2cccc(O)c2)CC1.CN1CCN(c2cccc(Oc3ncc(N)cc3Cl)c2)CC1. The number of phenols is 1.